The lowest BCUT2D eigenvalue weighted by atomic mass is 10.1. The van der Waals surface area contributed by atoms with Gasteiger partial charge in [0.2, 0.25) is 0 Å². The van der Waals surface area contributed by atoms with Crippen LogP contribution in [0, 0.1) is 0 Å². The summed E-state index contributed by atoms with van der Waals surface area (Å²) < 4.78 is 4.45. The molecule has 8 heteroatoms. The Bertz CT molecular complexity index is 824. The van der Waals surface area contributed by atoms with Gasteiger partial charge in [0.15, 0.2) is 0 Å². The summed E-state index contributed by atoms with van der Waals surface area (Å²) in [4.78, 5) is 35.1. The topological polar surface area (TPSA) is 96.5 Å². The number of carbonyl (C=O) groups excluding carboxylic acids is 3. The molecule has 0 spiro atoms. The summed E-state index contributed by atoms with van der Waals surface area (Å²) in [5, 5.41) is 8.54. The Morgan fingerprint density at radius 2 is 1.81 bits per heavy atom. The van der Waals surface area contributed by atoms with Crippen LogP contribution in [0.5, 0.6) is 0 Å². The molecule has 0 aliphatic carbocycles. The van der Waals surface area contributed by atoms with Gasteiger partial charge in [0.05, 0.1) is 13.2 Å². The number of amides is 3. The maximum Gasteiger partial charge on any atom is 0.325 e. The van der Waals surface area contributed by atoms with Gasteiger partial charge >= 0.3 is 12.0 Å². The third kappa shape index (κ3) is 6.31. The van der Waals surface area contributed by atoms with Gasteiger partial charge in [-0.3, -0.25) is 9.59 Å². The molecule has 3 amide bonds. The van der Waals surface area contributed by atoms with Crippen LogP contribution < -0.4 is 16.0 Å². The molecule has 0 unspecified atom stereocenters. The molecule has 0 fully saturated rings. The normalized spacial score (nSPS) is 11.2. The van der Waals surface area contributed by atoms with E-state index in [1.165, 1.54) is 7.11 Å². The number of hydrogen-bond acceptors (Lipinski definition) is 4. The standard InChI is InChI=1S/C19H20ClN3O4/c1-12(14-4-3-5-15(20)10-14)22-19(26)23-16-8-6-13(7-9-16)18(25)21-11-17(24)27-2/h3-10,12H,11H2,1-2H3,(H,21,25)(H2,22,23,26)/t12-/m0/s1. The Morgan fingerprint density at radius 1 is 1.11 bits per heavy atom. The van der Waals surface area contributed by atoms with Crippen molar-refractivity contribution in [2.75, 3.05) is 19.0 Å². The van der Waals surface area contributed by atoms with Gasteiger partial charge in [-0.2, -0.15) is 0 Å². The van der Waals surface area contributed by atoms with Gasteiger partial charge in [-0.25, -0.2) is 4.79 Å². The molecule has 0 aliphatic heterocycles. The second-order valence-electron chi connectivity index (χ2n) is 5.71. The number of anilines is 1. The summed E-state index contributed by atoms with van der Waals surface area (Å²) >= 11 is 5.96. The van der Waals surface area contributed by atoms with Crippen LogP contribution in [-0.2, 0) is 9.53 Å². The first-order valence-corrected chi connectivity index (χ1v) is 8.55. The van der Waals surface area contributed by atoms with Gasteiger partial charge in [0.25, 0.3) is 5.91 Å². The predicted octanol–water partition coefficient (Wildman–Crippen LogP) is 3.13. The fraction of sp³-hybridized carbons (Fsp3) is 0.211. The zero-order valence-electron chi connectivity index (χ0n) is 14.9. The lowest BCUT2D eigenvalue weighted by Gasteiger charge is -2.15. The second-order valence-corrected chi connectivity index (χ2v) is 6.15. The highest BCUT2D eigenvalue weighted by molar-refractivity contribution is 6.30. The summed E-state index contributed by atoms with van der Waals surface area (Å²) in [7, 11) is 1.24. The molecule has 2 aromatic carbocycles. The molecular formula is C19H20ClN3O4. The molecule has 2 rings (SSSR count). The average molecular weight is 390 g/mol. The highest BCUT2D eigenvalue weighted by Gasteiger charge is 2.11. The minimum Gasteiger partial charge on any atom is -0.468 e. The zero-order valence-corrected chi connectivity index (χ0v) is 15.7. The molecule has 0 saturated carbocycles. The quantitative estimate of drug-likeness (QED) is 0.661. The molecule has 0 radical (unpaired) electrons. The van der Waals surface area contributed by atoms with Crippen LogP contribution in [0.3, 0.4) is 0 Å². The fourth-order valence-electron chi connectivity index (χ4n) is 2.25. The number of methoxy groups -OCH3 is 1. The Hall–Kier alpha value is -3.06. The van der Waals surface area contributed by atoms with E-state index in [4.69, 9.17) is 11.6 Å². The number of nitrogens with one attached hydrogen (secondary N) is 3. The molecule has 0 heterocycles. The lowest BCUT2D eigenvalue weighted by molar-refractivity contribution is -0.139. The molecule has 3 N–H and O–H groups in total. The lowest BCUT2D eigenvalue weighted by Crippen LogP contribution is -2.31. The van der Waals surface area contributed by atoms with Crippen LogP contribution in [-0.4, -0.2) is 31.6 Å². The number of benzene rings is 2. The van der Waals surface area contributed by atoms with E-state index >= 15 is 0 Å². The Labute approximate surface area is 162 Å². The van der Waals surface area contributed by atoms with Crippen LogP contribution >= 0.6 is 11.6 Å². The Balaban J connectivity index is 1.89. The number of halogens is 1. The van der Waals surface area contributed by atoms with Gasteiger partial charge < -0.3 is 20.7 Å². The van der Waals surface area contributed by atoms with Gasteiger partial charge in [0, 0.05) is 16.3 Å². The third-order valence-electron chi connectivity index (χ3n) is 3.72. The molecule has 2 aromatic rings. The van der Waals surface area contributed by atoms with Crippen molar-refractivity contribution in [3.8, 4) is 0 Å². The third-order valence-corrected chi connectivity index (χ3v) is 3.96. The number of esters is 1. The maximum absolute atomic E-state index is 12.1. The van der Waals surface area contributed by atoms with Crippen LogP contribution in [0.1, 0.15) is 28.9 Å². The Kier molecular flexibility index (Phi) is 7.19. The van der Waals surface area contributed by atoms with Crippen molar-refractivity contribution in [1.82, 2.24) is 10.6 Å². The summed E-state index contributed by atoms with van der Waals surface area (Å²) in [6, 6.07) is 12.9. The summed E-state index contributed by atoms with van der Waals surface area (Å²) in [6.07, 6.45) is 0. The number of carbonyl (C=O) groups is 3. The molecule has 0 aromatic heterocycles. The van der Waals surface area contributed by atoms with Crippen molar-refractivity contribution in [3.05, 3.63) is 64.7 Å². The summed E-state index contributed by atoms with van der Waals surface area (Å²) in [5.41, 5.74) is 1.77. The van der Waals surface area contributed by atoms with E-state index < -0.39 is 11.9 Å². The molecule has 27 heavy (non-hydrogen) atoms. The average Bonchev–Trinajstić information content (AvgIpc) is 2.66. The minimum atomic E-state index is -0.535. The van der Waals surface area contributed by atoms with E-state index in [0.29, 0.717) is 16.3 Å². The summed E-state index contributed by atoms with van der Waals surface area (Å²) in [6.45, 7) is 1.64. The second kappa shape index (κ2) is 9.59. The number of rotatable bonds is 6. The van der Waals surface area contributed by atoms with Crippen molar-refractivity contribution in [1.29, 1.82) is 0 Å². The van der Waals surface area contributed by atoms with Crippen molar-refractivity contribution in [2.24, 2.45) is 0 Å². The molecule has 1 atom stereocenters. The smallest absolute Gasteiger partial charge is 0.325 e. The van der Waals surface area contributed by atoms with Crippen LogP contribution in [0.2, 0.25) is 5.02 Å². The SMILES string of the molecule is COC(=O)CNC(=O)c1ccc(NC(=O)N[C@@H](C)c2cccc(Cl)c2)cc1. The molecule has 0 aliphatic rings. The predicted molar refractivity (Wildman–Crippen MR) is 103 cm³/mol. The van der Waals surface area contributed by atoms with E-state index in [-0.39, 0.29) is 18.6 Å². The summed E-state index contributed by atoms with van der Waals surface area (Å²) in [5.74, 6) is -0.946. The van der Waals surface area contributed by atoms with Crippen LogP contribution in [0.15, 0.2) is 48.5 Å². The monoisotopic (exact) mass is 389 g/mol. The maximum atomic E-state index is 12.1. The van der Waals surface area contributed by atoms with Crippen molar-refractivity contribution < 1.29 is 19.1 Å². The van der Waals surface area contributed by atoms with Crippen molar-refractivity contribution in [3.63, 3.8) is 0 Å². The van der Waals surface area contributed by atoms with E-state index in [2.05, 4.69) is 20.7 Å². The zero-order chi connectivity index (χ0) is 19.8. The number of urea groups is 1. The van der Waals surface area contributed by atoms with Crippen LogP contribution in [0.4, 0.5) is 10.5 Å². The van der Waals surface area contributed by atoms with E-state index in [0.717, 1.165) is 5.56 Å². The van der Waals surface area contributed by atoms with E-state index in [1.54, 1.807) is 36.4 Å². The van der Waals surface area contributed by atoms with Gasteiger partial charge in [0.1, 0.15) is 6.54 Å². The molecule has 142 valence electrons. The van der Waals surface area contributed by atoms with Crippen LogP contribution in [0.25, 0.3) is 0 Å². The highest BCUT2D eigenvalue weighted by Crippen LogP contribution is 2.17. The number of ether oxygens (including phenoxy) is 1. The largest absolute Gasteiger partial charge is 0.468 e. The first-order valence-electron chi connectivity index (χ1n) is 8.17. The minimum absolute atomic E-state index is 0.209. The van der Waals surface area contributed by atoms with E-state index in [9.17, 15) is 14.4 Å². The Morgan fingerprint density at radius 3 is 2.44 bits per heavy atom. The van der Waals surface area contributed by atoms with Gasteiger partial charge in [-0.05, 0) is 48.9 Å². The first-order chi connectivity index (χ1) is 12.9. The molecule has 0 saturated heterocycles. The number of hydrogen-bond donors (Lipinski definition) is 3. The molecule has 7 nitrogen and oxygen atoms in total. The highest BCUT2D eigenvalue weighted by atomic mass is 35.5. The van der Waals surface area contributed by atoms with Gasteiger partial charge in [-0.15, -0.1) is 0 Å². The molecule has 0 bridgehead atoms. The first kappa shape index (κ1) is 20.3. The van der Waals surface area contributed by atoms with Crippen molar-refractivity contribution >= 4 is 35.2 Å². The van der Waals surface area contributed by atoms with E-state index in [1.807, 2.05) is 19.1 Å². The van der Waals surface area contributed by atoms with Gasteiger partial charge in [-0.1, -0.05) is 23.7 Å². The fourth-order valence-corrected chi connectivity index (χ4v) is 2.45. The van der Waals surface area contributed by atoms with Crippen molar-refractivity contribution in [2.45, 2.75) is 13.0 Å². The molecular weight excluding hydrogens is 370 g/mol.